The first-order chi connectivity index (χ1) is 26.0. The minimum absolute atomic E-state index is 0.00736. The van der Waals surface area contributed by atoms with E-state index < -0.39 is 0 Å². The summed E-state index contributed by atoms with van der Waals surface area (Å²) in [5.74, 6) is 0. The van der Waals surface area contributed by atoms with Crippen molar-refractivity contribution >= 4 is 62.5 Å². The molecule has 2 aliphatic carbocycles. The van der Waals surface area contributed by atoms with E-state index in [2.05, 4.69) is 158 Å². The van der Waals surface area contributed by atoms with Crippen LogP contribution in [0.3, 0.4) is 0 Å². The first-order valence-corrected chi connectivity index (χ1v) is 21.1. The molecule has 0 amide bonds. The summed E-state index contributed by atoms with van der Waals surface area (Å²) >= 11 is 0. The fourth-order valence-electron chi connectivity index (χ4n) is 12.1. The fourth-order valence-corrected chi connectivity index (χ4v) is 12.1. The van der Waals surface area contributed by atoms with Crippen LogP contribution in [-0.2, 0) is 21.7 Å². The average molecular weight is 723 g/mol. The van der Waals surface area contributed by atoms with Crippen molar-refractivity contribution in [3.63, 3.8) is 0 Å². The van der Waals surface area contributed by atoms with Crippen LogP contribution in [-0.4, -0.2) is 12.4 Å². The zero-order chi connectivity index (χ0) is 38.2. The number of para-hydroxylation sites is 1. The van der Waals surface area contributed by atoms with Gasteiger partial charge in [-0.05, 0) is 136 Å². The highest BCUT2D eigenvalue weighted by atomic mass is 16.3. The lowest BCUT2D eigenvalue weighted by molar-refractivity contribution is 0.195. The van der Waals surface area contributed by atoms with Gasteiger partial charge >= 0.3 is 6.85 Å². The molecule has 3 aliphatic heterocycles. The third-order valence-corrected chi connectivity index (χ3v) is 15.6. The molecule has 4 heteroatoms. The van der Waals surface area contributed by atoms with Crippen molar-refractivity contribution in [1.82, 2.24) is 0 Å². The smallest absolute Gasteiger partial charge is 0.333 e. The van der Waals surface area contributed by atoms with E-state index in [1.807, 2.05) is 0 Å². The zero-order valence-corrected chi connectivity index (χ0v) is 34.6. The van der Waals surface area contributed by atoms with Gasteiger partial charge in [0.2, 0.25) is 0 Å². The molecule has 5 aliphatic rings. The van der Waals surface area contributed by atoms with Crippen LogP contribution in [0.25, 0.3) is 33.1 Å². The quantitative estimate of drug-likeness (QED) is 0.158. The minimum atomic E-state index is -0.00922. The number of hydrogen-bond donors (Lipinski definition) is 0. The molecule has 278 valence electrons. The number of aryl methyl sites for hydroxylation is 1. The number of hydrogen-bond acceptors (Lipinski definition) is 3. The van der Waals surface area contributed by atoms with Crippen molar-refractivity contribution in [1.29, 1.82) is 0 Å². The highest BCUT2D eigenvalue weighted by Crippen LogP contribution is 2.63. The van der Waals surface area contributed by atoms with E-state index in [-0.39, 0.29) is 34.0 Å². The molecule has 11 rings (SSSR count). The van der Waals surface area contributed by atoms with E-state index in [9.17, 15) is 0 Å². The Hall–Kier alpha value is -4.44. The molecular formula is C51H55BN2O. The summed E-state index contributed by atoms with van der Waals surface area (Å²) in [6, 6.07) is 31.1. The van der Waals surface area contributed by atoms with Crippen LogP contribution < -0.4 is 20.6 Å². The van der Waals surface area contributed by atoms with Crippen molar-refractivity contribution < 1.29 is 4.42 Å². The predicted molar refractivity (Wildman–Crippen MR) is 234 cm³/mol. The molecule has 3 nitrogen and oxygen atoms in total. The van der Waals surface area contributed by atoms with Gasteiger partial charge in [-0.15, -0.1) is 0 Å². The molecule has 0 bridgehead atoms. The Balaban J connectivity index is 1.29. The summed E-state index contributed by atoms with van der Waals surface area (Å²) < 4.78 is 7.30. The zero-order valence-electron chi connectivity index (χ0n) is 34.6. The van der Waals surface area contributed by atoms with Gasteiger partial charge in [0.15, 0.2) is 5.58 Å². The van der Waals surface area contributed by atoms with Gasteiger partial charge in [0.1, 0.15) is 5.58 Å². The molecule has 5 aromatic carbocycles. The van der Waals surface area contributed by atoms with E-state index in [1.165, 1.54) is 116 Å². The molecule has 2 unspecified atom stereocenters. The maximum absolute atomic E-state index is 7.30. The first-order valence-electron chi connectivity index (χ1n) is 21.1. The SMILES string of the molecule is Cc1cc2c3c(c1)N1c4c(cc(C(C)(C)C)cc4C4(C)CCCCC14C)B3N(c1ccccc1)c1c-2ccc2c1oc1cc3c(cc12)C(C)(C)CCC3(C)C. The number of anilines is 4. The third kappa shape index (κ3) is 4.19. The van der Waals surface area contributed by atoms with Gasteiger partial charge in [-0.25, -0.2) is 0 Å². The van der Waals surface area contributed by atoms with Gasteiger partial charge < -0.3 is 14.1 Å². The van der Waals surface area contributed by atoms with Gasteiger partial charge in [-0.1, -0.05) is 111 Å². The molecule has 55 heavy (non-hydrogen) atoms. The van der Waals surface area contributed by atoms with Crippen LogP contribution in [0.1, 0.15) is 129 Å². The normalized spacial score (nSPS) is 24.1. The van der Waals surface area contributed by atoms with Crippen LogP contribution in [0.2, 0.25) is 0 Å². The van der Waals surface area contributed by atoms with Crippen LogP contribution in [0, 0.1) is 6.92 Å². The van der Waals surface area contributed by atoms with Crippen LogP contribution in [0.15, 0.2) is 83.3 Å². The Morgan fingerprint density at radius 3 is 2.11 bits per heavy atom. The van der Waals surface area contributed by atoms with Crippen molar-refractivity contribution in [3.05, 3.63) is 107 Å². The number of rotatable bonds is 1. The molecule has 0 radical (unpaired) electrons. The molecule has 0 spiro atoms. The summed E-state index contributed by atoms with van der Waals surface area (Å²) in [5, 5.41) is 2.45. The van der Waals surface area contributed by atoms with Gasteiger partial charge in [-0.2, -0.15) is 0 Å². The number of fused-ring (bicyclic) bond motifs is 12. The molecule has 1 fully saturated rings. The molecular weight excluding hydrogens is 667 g/mol. The standard InChI is InChI=1S/C51H55BN2O/c1-30-24-36-33-18-19-34-35-28-37-38(49(7,8)23-22-48(37,5)6)29-42(35)55-46(34)44(33)54(32-16-12-11-13-17-32)52-40-27-31(47(2,3)4)26-39-45(40)53(41(25-30)43(36)52)51(10)21-15-14-20-50(39,51)9/h11-13,16-19,24-29H,14-15,20-23H2,1-10H3. The maximum Gasteiger partial charge on any atom is 0.333 e. The second kappa shape index (κ2) is 10.5. The second-order valence-corrected chi connectivity index (χ2v) is 20.8. The Bertz CT molecular complexity index is 2660. The summed E-state index contributed by atoms with van der Waals surface area (Å²) in [4.78, 5) is 5.54. The number of nitrogens with zero attached hydrogens (tertiary/aromatic N) is 2. The van der Waals surface area contributed by atoms with Crippen molar-refractivity contribution in [2.24, 2.45) is 0 Å². The molecule has 0 N–H and O–H groups in total. The number of furan rings is 1. The highest BCUT2D eigenvalue weighted by Gasteiger charge is 2.62. The van der Waals surface area contributed by atoms with Crippen LogP contribution >= 0.6 is 0 Å². The molecule has 2 atom stereocenters. The molecule has 6 aromatic rings. The lowest BCUT2D eigenvalue weighted by Gasteiger charge is -2.53. The van der Waals surface area contributed by atoms with Gasteiger partial charge in [0.05, 0.1) is 11.2 Å². The Morgan fingerprint density at radius 1 is 0.673 bits per heavy atom. The average Bonchev–Trinajstić information content (AvgIpc) is 3.61. The predicted octanol–water partition coefficient (Wildman–Crippen LogP) is 12.5. The summed E-state index contributed by atoms with van der Waals surface area (Å²) in [5.41, 5.74) is 20.3. The van der Waals surface area contributed by atoms with Gasteiger partial charge in [-0.3, -0.25) is 0 Å². The lowest BCUT2D eigenvalue weighted by Crippen LogP contribution is -2.64. The van der Waals surface area contributed by atoms with E-state index >= 15 is 0 Å². The third-order valence-electron chi connectivity index (χ3n) is 15.6. The largest absolute Gasteiger partial charge is 0.454 e. The molecule has 1 saturated carbocycles. The van der Waals surface area contributed by atoms with Crippen LogP contribution in [0.5, 0.6) is 0 Å². The van der Waals surface area contributed by atoms with Gasteiger partial charge in [0.25, 0.3) is 0 Å². The molecule has 4 heterocycles. The molecule has 0 saturated heterocycles. The fraction of sp³-hybridized carbons (Fsp3) is 0.412. The van der Waals surface area contributed by atoms with Crippen molar-refractivity contribution in [3.8, 4) is 11.1 Å². The van der Waals surface area contributed by atoms with E-state index in [0.29, 0.717) is 0 Å². The van der Waals surface area contributed by atoms with Crippen molar-refractivity contribution in [2.75, 3.05) is 9.71 Å². The topological polar surface area (TPSA) is 19.6 Å². The lowest BCUT2D eigenvalue weighted by atomic mass is 9.43. The Labute approximate surface area is 328 Å². The Morgan fingerprint density at radius 2 is 1.38 bits per heavy atom. The van der Waals surface area contributed by atoms with E-state index in [4.69, 9.17) is 4.42 Å². The summed E-state index contributed by atoms with van der Waals surface area (Å²) in [7, 11) is 0. The maximum atomic E-state index is 7.30. The van der Waals surface area contributed by atoms with E-state index in [0.717, 1.165) is 11.2 Å². The second-order valence-electron chi connectivity index (χ2n) is 20.8. The highest BCUT2D eigenvalue weighted by molar-refractivity contribution is 6.94. The first kappa shape index (κ1) is 33.9. The van der Waals surface area contributed by atoms with E-state index in [1.54, 1.807) is 5.56 Å². The van der Waals surface area contributed by atoms with Crippen LogP contribution in [0.4, 0.5) is 22.7 Å². The minimum Gasteiger partial charge on any atom is -0.454 e. The number of benzene rings is 5. The summed E-state index contributed by atoms with van der Waals surface area (Å²) in [6.07, 6.45) is 7.36. The van der Waals surface area contributed by atoms with Gasteiger partial charge in [0, 0.05) is 38.8 Å². The molecule has 1 aromatic heterocycles. The monoisotopic (exact) mass is 722 g/mol. The Kier molecular flexibility index (Phi) is 6.46. The summed E-state index contributed by atoms with van der Waals surface area (Å²) in [6.45, 7) is 24.4. The van der Waals surface area contributed by atoms with Crippen molar-refractivity contribution in [2.45, 2.75) is 135 Å².